The van der Waals surface area contributed by atoms with Gasteiger partial charge >= 0.3 is 0 Å². The third kappa shape index (κ3) is 3.90. The zero-order chi connectivity index (χ0) is 16.9. The van der Waals surface area contributed by atoms with Gasteiger partial charge in [0.25, 0.3) is 0 Å². The monoisotopic (exact) mass is 325 g/mol. The van der Waals surface area contributed by atoms with Crippen LogP contribution >= 0.6 is 0 Å². The van der Waals surface area contributed by atoms with Gasteiger partial charge in [-0.1, -0.05) is 28.9 Å². The van der Waals surface area contributed by atoms with Crippen LogP contribution in [0.3, 0.4) is 0 Å². The molecule has 2 heterocycles. The third-order valence-corrected chi connectivity index (χ3v) is 3.75. The fourth-order valence-corrected chi connectivity index (χ4v) is 2.41. The van der Waals surface area contributed by atoms with E-state index in [0.29, 0.717) is 36.9 Å². The number of carbonyl (C=O) groups is 1. The first-order valence-corrected chi connectivity index (χ1v) is 7.81. The summed E-state index contributed by atoms with van der Waals surface area (Å²) in [5.74, 6) is 1.31. The van der Waals surface area contributed by atoms with Gasteiger partial charge in [-0.2, -0.15) is 4.98 Å². The molecule has 0 unspecified atom stereocenters. The van der Waals surface area contributed by atoms with Crippen LogP contribution < -0.4 is 5.32 Å². The first kappa shape index (κ1) is 16.0. The van der Waals surface area contributed by atoms with Gasteiger partial charge in [0, 0.05) is 19.4 Å². The Hall–Kier alpha value is -2.89. The second-order valence-corrected chi connectivity index (χ2v) is 5.70. The highest BCUT2D eigenvalue weighted by molar-refractivity contribution is 5.76. The van der Waals surface area contributed by atoms with E-state index in [1.165, 1.54) is 11.1 Å². The van der Waals surface area contributed by atoms with Crippen LogP contribution in [0.25, 0.3) is 11.6 Å². The molecule has 0 atom stereocenters. The van der Waals surface area contributed by atoms with Gasteiger partial charge < -0.3 is 14.3 Å². The molecule has 24 heavy (non-hydrogen) atoms. The SMILES string of the molecule is Cc1ccc(CNC(=O)CCc2nc(-c3ccco3)no2)c(C)c1. The highest BCUT2D eigenvalue weighted by Crippen LogP contribution is 2.16. The largest absolute Gasteiger partial charge is 0.461 e. The molecule has 1 aromatic carbocycles. The Morgan fingerprint density at radius 3 is 2.88 bits per heavy atom. The van der Waals surface area contributed by atoms with Crippen molar-refractivity contribution in [3.05, 3.63) is 59.2 Å². The zero-order valence-electron chi connectivity index (χ0n) is 13.7. The van der Waals surface area contributed by atoms with E-state index in [4.69, 9.17) is 8.94 Å². The molecule has 2 aromatic heterocycles. The molecule has 6 heteroatoms. The molecule has 6 nitrogen and oxygen atoms in total. The number of aryl methyl sites for hydroxylation is 3. The summed E-state index contributed by atoms with van der Waals surface area (Å²) in [4.78, 5) is 16.2. The number of benzene rings is 1. The molecule has 0 radical (unpaired) electrons. The van der Waals surface area contributed by atoms with E-state index in [2.05, 4.69) is 28.4 Å². The van der Waals surface area contributed by atoms with Gasteiger partial charge in [0.2, 0.25) is 17.6 Å². The molecule has 0 aliphatic rings. The molecule has 3 aromatic rings. The fourth-order valence-electron chi connectivity index (χ4n) is 2.41. The van der Waals surface area contributed by atoms with Crippen molar-refractivity contribution < 1.29 is 13.7 Å². The van der Waals surface area contributed by atoms with Gasteiger partial charge in [-0.05, 0) is 37.1 Å². The maximum atomic E-state index is 12.0. The second kappa shape index (κ2) is 7.12. The lowest BCUT2D eigenvalue weighted by Crippen LogP contribution is -2.23. The molecule has 1 amide bonds. The summed E-state index contributed by atoms with van der Waals surface area (Å²) in [6.45, 7) is 4.62. The second-order valence-electron chi connectivity index (χ2n) is 5.70. The van der Waals surface area contributed by atoms with Gasteiger partial charge in [-0.25, -0.2) is 0 Å². The fraction of sp³-hybridized carbons (Fsp3) is 0.278. The lowest BCUT2D eigenvalue weighted by molar-refractivity contribution is -0.121. The minimum absolute atomic E-state index is 0.0484. The van der Waals surface area contributed by atoms with Crippen molar-refractivity contribution in [1.82, 2.24) is 15.5 Å². The van der Waals surface area contributed by atoms with E-state index in [1.807, 2.05) is 19.1 Å². The normalized spacial score (nSPS) is 10.8. The van der Waals surface area contributed by atoms with E-state index in [-0.39, 0.29) is 5.91 Å². The molecule has 1 N–H and O–H groups in total. The van der Waals surface area contributed by atoms with Crippen LogP contribution in [0.15, 0.2) is 45.5 Å². The molecule has 0 spiro atoms. The molecule has 3 rings (SSSR count). The van der Waals surface area contributed by atoms with Crippen molar-refractivity contribution >= 4 is 5.91 Å². The van der Waals surface area contributed by atoms with Crippen molar-refractivity contribution in [2.45, 2.75) is 33.2 Å². The highest BCUT2D eigenvalue weighted by atomic mass is 16.5. The zero-order valence-corrected chi connectivity index (χ0v) is 13.7. The van der Waals surface area contributed by atoms with Gasteiger partial charge in [-0.15, -0.1) is 0 Å². The minimum Gasteiger partial charge on any atom is -0.461 e. The maximum Gasteiger partial charge on any atom is 0.238 e. The summed E-state index contributed by atoms with van der Waals surface area (Å²) >= 11 is 0. The van der Waals surface area contributed by atoms with Crippen LogP contribution in [0.4, 0.5) is 0 Å². The summed E-state index contributed by atoms with van der Waals surface area (Å²) in [7, 11) is 0. The van der Waals surface area contributed by atoms with Crippen molar-refractivity contribution in [3.8, 4) is 11.6 Å². The first-order valence-electron chi connectivity index (χ1n) is 7.81. The third-order valence-electron chi connectivity index (χ3n) is 3.75. The predicted molar refractivity (Wildman–Crippen MR) is 88.1 cm³/mol. The smallest absolute Gasteiger partial charge is 0.238 e. The van der Waals surface area contributed by atoms with Crippen LogP contribution in [0.5, 0.6) is 0 Å². The van der Waals surface area contributed by atoms with Crippen LogP contribution in [-0.2, 0) is 17.8 Å². The number of nitrogens with zero attached hydrogens (tertiary/aromatic N) is 2. The summed E-state index contributed by atoms with van der Waals surface area (Å²) in [5.41, 5.74) is 3.51. The van der Waals surface area contributed by atoms with Crippen molar-refractivity contribution in [2.24, 2.45) is 0 Å². The minimum atomic E-state index is -0.0484. The lowest BCUT2D eigenvalue weighted by atomic mass is 10.1. The number of rotatable bonds is 6. The predicted octanol–water partition coefficient (Wildman–Crippen LogP) is 3.20. The molecular weight excluding hydrogens is 306 g/mol. The van der Waals surface area contributed by atoms with E-state index in [1.54, 1.807) is 18.4 Å². The quantitative estimate of drug-likeness (QED) is 0.752. The van der Waals surface area contributed by atoms with Gasteiger partial charge in [0.1, 0.15) is 0 Å². The van der Waals surface area contributed by atoms with E-state index in [0.717, 1.165) is 5.56 Å². The van der Waals surface area contributed by atoms with E-state index >= 15 is 0 Å². The van der Waals surface area contributed by atoms with E-state index in [9.17, 15) is 4.79 Å². The number of hydrogen-bond donors (Lipinski definition) is 1. The molecule has 0 saturated heterocycles. The van der Waals surface area contributed by atoms with Crippen molar-refractivity contribution in [2.75, 3.05) is 0 Å². The standard InChI is InChI=1S/C18H19N3O3/c1-12-5-6-14(13(2)10-12)11-19-16(22)7-8-17-20-18(21-24-17)15-4-3-9-23-15/h3-6,9-10H,7-8,11H2,1-2H3,(H,19,22). The van der Waals surface area contributed by atoms with Crippen LogP contribution in [0.2, 0.25) is 0 Å². The van der Waals surface area contributed by atoms with Gasteiger partial charge in [0.15, 0.2) is 5.76 Å². The lowest BCUT2D eigenvalue weighted by Gasteiger charge is -2.08. The molecule has 124 valence electrons. The number of aromatic nitrogens is 2. The highest BCUT2D eigenvalue weighted by Gasteiger charge is 2.12. The molecule has 0 bridgehead atoms. The topological polar surface area (TPSA) is 81.2 Å². The summed E-state index contributed by atoms with van der Waals surface area (Å²) in [6, 6.07) is 9.70. The van der Waals surface area contributed by atoms with Crippen LogP contribution in [-0.4, -0.2) is 16.0 Å². The Balaban J connectivity index is 1.49. The number of nitrogens with one attached hydrogen (secondary N) is 1. The maximum absolute atomic E-state index is 12.0. The number of hydrogen-bond acceptors (Lipinski definition) is 5. The average Bonchev–Trinajstić information content (AvgIpc) is 3.23. The Morgan fingerprint density at radius 1 is 1.25 bits per heavy atom. The summed E-state index contributed by atoms with van der Waals surface area (Å²) < 4.78 is 10.3. The molecule has 0 aliphatic carbocycles. The Morgan fingerprint density at radius 2 is 2.12 bits per heavy atom. The van der Waals surface area contributed by atoms with E-state index < -0.39 is 0 Å². The number of amides is 1. The molecule has 0 saturated carbocycles. The Bertz CT molecular complexity index is 822. The Kier molecular flexibility index (Phi) is 4.74. The summed E-state index contributed by atoms with van der Waals surface area (Å²) in [5, 5.41) is 6.75. The van der Waals surface area contributed by atoms with Crippen molar-refractivity contribution in [1.29, 1.82) is 0 Å². The first-order chi connectivity index (χ1) is 11.6. The van der Waals surface area contributed by atoms with Crippen molar-refractivity contribution in [3.63, 3.8) is 0 Å². The summed E-state index contributed by atoms with van der Waals surface area (Å²) in [6.07, 6.45) is 2.24. The molecule has 0 aliphatic heterocycles. The van der Waals surface area contributed by atoms with Crippen LogP contribution in [0.1, 0.15) is 29.0 Å². The van der Waals surface area contributed by atoms with Gasteiger partial charge in [0.05, 0.1) is 6.26 Å². The molecular formula is C18H19N3O3. The average molecular weight is 325 g/mol. The number of carbonyl (C=O) groups excluding carboxylic acids is 1. The molecule has 0 fully saturated rings. The van der Waals surface area contributed by atoms with Gasteiger partial charge in [-0.3, -0.25) is 4.79 Å². The number of furan rings is 1. The van der Waals surface area contributed by atoms with Crippen LogP contribution in [0, 0.1) is 13.8 Å². The Labute approximate surface area is 139 Å².